The molecule has 0 amide bonds. The third-order valence-electron chi connectivity index (χ3n) is 1.22. The van der Waals surface area contributed by atoms with Crippen LogP contribution in [0.25, 0.3) is 0 Å². The van der Waals surface area contributed by atoms with E-state index in [1.165, 1.54) is 6.08 Å². The summed E-state index contributed by atoms with van der Waals surface area (Å²) in [5.74, 6) is -1.06. The van der Waals surface area contributed by atoms with Crippen LogP contribution < -0.4 is 0 Å². The van der Waals surface area contributed by atoms with Crippen molar-refractivity contribution < 1.29 is 20.1 Å². The minimum atomic E-state index is -1.06. The lowest BCUT2D eigenvalue weighted by atomic mass is 10.1. The Kier molecular flexibility index (Phi) is 6.31. The molecule has 0 unspecified atom stereocenters. The summed E-state index contributed by atoms with van der Waals surface area (Å²) in [6.45, 7) is 0. The van der Waals surface area contributed by atoms with E-state index in [9.17, 15) is 4.79 Å². The number of aliphatic hydroxyl groups is 2. The molecule has 3 N–H and O–H groups in total. The van der Waals surface area contributed by atoms with Crippen LogP contribution in [0.1, 0.15) is 12.8 Å². The van der Waals surface area contributed by atoms with Crippen LogP contribution in [0, 0.1) is 0 Å². The van der Waals surface area contributed by atoms with Gasteiger partial charge in [0.2, 0.25) is 0 Å². The number of aliphatic hydroxyl groups excluding tert-OH is 2. The lowest BCUT2D eigenvalue weighted by Gasteiger charge is -2.09. The summed E-state index contributed by atoms with van der Waals surface area (Å²) in [6, 6.07) is 0. The summed E-state index contributed by atoms with van der Waals surface area (Å²) in [4.78, 5) is 10.1. The topological polar surface area (TPSA) is 77.8 Å². The molecule has 0 aromatic rings. The first-order valence-corrected chi connectivity index (χ1v) is 4.65. The van der Waals surface area contributed by atoms with Gasteiger partial charge in [-0.25, -0.2) is 0 Å². The average molecular weight is 286 g/mol. The van der Waals surface area contributed by atoms with Crippen LogP contribution in [0.4, 0.5) is 0 Å². The highest BCUT2D eigenvalue weighted by molar-refractivity contribution is 14.1. The van der Waals surface area contributed by atoms with Crippen LogP contribution in [0.2, 0.25) is 0 Å². The summed E-state index contributed by atoms with van der Waals surface area (Å²) in [5, 5.41) is 26.4. The molecule has 0 spiro atoms. The maximum atomic E-state index is 10.1. The van der Waals surface area contributed by atoms with Crippen molar-refractivity contribution in [3.05, 3.63) is 10.2 Å². The number of carboxylic acid groups (broad SMARTS) is 1. The summed E-state index contributed by atoms with van der Waals surface area (Å²) in [6.07, 6.45) is -0.523. The van der Waals surface area contributed by atoms with Crippen molar-refractivity contribution in [3.8, 4) is 0 Å². The van der Waals surface area contributed by atoms with E-state index >= 15 is 0 Å². The Morgan fingerprint density at radius 2 is 2.08 bits per heavy atom. The Balaban J connectivity index is 3.67. The van der Waals surface area contributed by atoms with Gasteiger partial charge in [-0.15, -0.1) is 0 Å². The molecule has 0 saturated carbocycles. The fraction of sp³-hybridized carbons (Fsp3) is 0.571. The molecule has 0 aromatic heterocycles. The van der Waals surface area contributed by atoms with Crippen molar-refractivity contribution in [2.75, 3.05) is 0 Å². The number of aliphatic carboxylic acids is 1. The second-order valence-corrected chi connectivity index (χ2v) is 3.09. The van der Waals surface area contributed by atoms with Gasteiger partial charge in [0.25, 0.3) is 0 Å². The lowest BCUT2D eigenvalue weighted by Crippen LogP contribution is -2.19. The van der Waals surface area contributed by atoms with Crippen LogP contribution in [0.5, 0.6) is 0 Å². The summed E-state index contributed by atoms with van der Waals surface area (Å²) >= 11 is 1.94. The van der Waals surface area contributed by atoms with Crippen molar-refractivity contribution >= 4 is 28.6 Å². The normalized spacial score (nSPS) is 16.2. The van der Waals surface area contributed by atoms with E-state index in [1.807, 2.05) is 22.6 Å². The van der Waals surface area contributed by atoms with Crippen LogP contribution in [0.3, 0.4) is 0 Å². The molecule has 0 bridgehead atoms. The maximum Gasteiger partial charge on any atom is 0.305 e. The van der Waals surface area contributed by atoms with Gasteiger partial charge in [-0.2, -0.15) is 0 Å². The number of hydrogen-bond acceptors (Lipinski definition) is 3. The van der Waals surface area contributed by atoms with Crippen molar-refractivity contribution in [2.24, 2.45) is 0 Å². The molecular weight excluding hydrogens is 275 g/mol. The Morgan fingerprint density at radius 3 is 2.50 bits per heavy atom. The minimum Gasteiger partial charge on any atom is -0.481 e. The van der Waals surface area contributed by atoms with Gasteiger partial charge in [0.15, 0.2) is 0 Å². The summed E-state index contributed by atoms with van der Waals surface area (Å²) in [7, 11) is 0. The first-order chi connectivity index (χ1) is 5.56. The van der Waals surface area contributed by atoms with Crippen molar-refractivity contribution in [2.45, 2.75) is 25.0 Å². The smallest absolute Gasteiger partial charge is 0.305 e. The zero-order valence-corrected chi connectivity index (χ0v) is 8.51. The molecule has 0 heterocycles. The Morgan fingerprint density at radius 1 is 1.50 bits per heavy atom. The molecule has 0 fully saturated rings. The highest BCUT2D eigenvalue weighted by Crippen LogP contribution is 2.04. The van der Waals surface area contributed by atoms with Gasteiger partial charge in [0.05, 0.1) is 18.6 Å². The molecule has 0 saturated heterocycles. The van der Waals surface area contributed by atoms with Gasteiger partial charge in [-0.1, -0.05) is 28.7 Å². The van der Waals surface area contributed by atoms with Crippen LogP contribution in [-0.2, 0) is 4.79 Å². The highest BCUT2D eigenvalue weighted by Gasteiger charge is 2.12. The second-order valence-electron chi connectivity index (χ2n) is 2.37. The van der Waals surface area contributed by atoms with Gasteiger partial charge in [0.1, 0.15) is 0 Å². The number of carbonyl (C=O) groups is 1. The van der Waals surface area contributed by atoms with Crippen LogP contribution in [0.15, 0.2) is 10.2 Å². The zero-order chi connectivity index (χ0) is 9.56. The molecule has 0 aliphatic carbocycles. The molecular formula is C7H11IO4. The third kappa shape index (κ3) is 6.56. The van der Waals surface area contributed by atoms with Gasteiger partial charge >= 0.3 is 5.97 Å². The molecule has 0 aliphatic rings. The number of halogens is 1. The molecule has 0 aromatic carbocycles. The molecule has 4 nitrogen and oxygen atoms in total. The molecule has 2 atom stereocenters. The van der Waals surface area contributed by atoms with E-state index < -0.39 is 18.2 Å². The van der Waals surface area contributed by atoms with Crippen LogP contribution >= 0.6 is 22.6 Å². The largest absolute Gasteiger partial charge is 0.481 e. The predicted molar refractivity (Wildman–Crippen MR) is 52.0 cm³/mol. The van der Waals surface area contributed by atoms with E-state index in [-0.39, 0.29) is 12.8 Å². The minimum absolute atomic E-state index is 0.0613. The molecule has 0 radical (unpaired) electrons. The van der Waals surface area contributed by atoms with E-state index in [2.05, 4.69) is 0 Å². The molecule has 5 heteroatoms. The Hall–Kier alpha value is -0.140. The van der Waals surface area contributed by atoms with E-state index in [0.717, 1.165) is 0 Å². The average Bonchev–Trinajstić information content (AvgIpc) is 1.84. The number of hydrogen-bond donors (Lipinski definition) is 3. The molecule has 0 rings (SSSR count). The predicted octanol–water partition coefficient (Wildman–Crippen LogP) is 0.522. The maximum absolute atomic E-state index is 10.1. The molecule has 12 heavy (non-hydrogen) atoms. The first kappa shape index (κ1) is 11.9. The number of carboxylic acids is 1. The zero-order valence-electron chi connectivity index (χ0n) is 6.35. The summed E-state index contributed by atoms with van der Waals surface area (Å²) in [5.41, 5.74) is 0. The standard InChI is InChI=1S/C7H11IO4/c8-2-1-5(9)3-6(10)4-7(11)12/h1-2,5-6,9-10H,3-4H2,(H,11,12)/b2-1+/t5-,6-/m1/s1. The summed E-state index contributed by atoms with van der Waals surface area (Å²) < 4.78 is 1.62. The first-order valence-electron chi connectivity index (χ1n) is 3.41. The van der Waals surface area contributed by atoms with Gasteiger partial charge in [0, 0.05) is 6.42 Å². The fourth-order valence-corrected chi connectivity index (χ4v) is 1.21. The second kappa shape index (κ2) is 6.38. The van der Waals surface area contributed by atoms with Gasteiger partial charge < -0.3 is 15.3 Å². The molecule has 0 aliphatic heterocycles. The Bertz CT molecular complexity index is 169. The lowest BCUT2D eigenvalue weighted by molar-refractivity contribution is -0.139. The van der Waals surface area contributed by atoms with Crippen molar-refractivity contribution in [3.63, 3.8) is 0 Å². The SMILES string of the molecule is O=C(O)C[C@H](O)C[C@H](O)/C=C/I. The Labute approximate surface area is 84.0 Å². The van der Waals surface area contributed by atoms with Crippen LogP contribution in [-0.4, -0.2) is 33.5 Å². The highest BCUT2D eigenvalue weighted by atomic mass is 127. The van der Waals surface area contributed by atoms with Crippen molar-refractivity contribution in [1.29, 1.82) is 0 Å². The third-order valence-corrected chi connectivity index (χ3v) is 1.63. The van der Waals surface area contributed by atoms with Gasteiger partial charge in [-0.05, 0) is 4.08 Å². The number of rotatable bonds is 5. The van der Waals surface area contributed by atoms with E-state index in [0.29, 0.717) is 0 Å². The van der Waals surface area contributed by atoms with Gasteiger partial charge in [-0.3, -0.25) is 4.79 Å². The van der Waals surface area contributed by atoms with E-state index in [1.54, 1.807) is 4.08 Å². The van der Waals surface area contributed by atoms with Crippen molar-refractivity contribution in [1.82, 2.24) is 0 Å². The van der Waals surface area contributed by atoms with E-state index in [4.69, 9.17) is 15.3 Å². The molecule has 70 valence electrons. The quantitative estimate of drug-likeness (QED) is 0.644. The fourth-order valence-electron chi connectivity index (χ4n) is 0.726. The monoisotopic (exact) mass is 286 g/mol.